The Kier molecular flexibility index (Phi) is 5.28. The number of carbonyl (C=O) groups excluding carboxylic acids is 3. The highest BCUT2D eigenvalue weighted by Crippen LogP contribution is 2.31. The van der Waals surface area contributed by atoms with E-state index in [4.69, 9.17) is 16.3 Å². The first-order chi connectivity index (χ1) is 12.9. The normalized spacial score (nSPS) is 14.0. The fraction of sp³-hybridized carbons (Fsp3) is 0.150. The van der Waals surface area contributed by atoms with Gasteiger partial charge in [0.05, 0.1) is 17.9 Å². The summed E-state index contributed by atoms with van der Waals surface area (Å²) in [7, 11) is 0. The summed E-state index contributed by atoms with van der Waals surface area (Å²) in [5.41, 5.74) is 2.06. The van der Waals surface area contributed by atoms with E-state index in [0.717, 1.165) is 10.5 Å². The van der Waals surface area contributed by atoms with Crippen LogP contribution >= 0.6 is 11.6 Å². The number of hydrogen-bond acceptors (Lipinski definition) is 5. The summed E-state index contributed by atoms with van der Waals surface area (Å²) in [6.45, 7) is 3.80. The molecule has 0 saturated heterocycles. The summed E-state index contributed by atoms with van der Waals surface area (Å²) < 4.78 is 4.96. The lowest BCUT2D eigenvalue weighted by Gasteiger charge is -2.16. The molecule has 0 aromatic heterocycles. The van der Waals surface area contributed by atoms with E-state index in [1.54, 1.807) is 31.2 Å². The molecule has 2 aromatic carbocycles. The molecule has 2 amide bonds. The van der Waals surface area contributed by atoms with Crippen LogP contribution in [0.3, 0.4) is 0 Å². The van der Waals surface area contributed by atoms with Crippen LogP contribution in [0.4, 0.5) is 11.4 Å². The molecule has 0 aliphatic carbocycles. The number of rotatable bonds is 5. The van der Waals surface area contributed by atoms with Gasteiger partial charge in [-0.05, 0) is 43.7 Å². The van der Waals surface area contributed by atoms with Crippen molar-refractivity contribution >= 4 is 40.8 Å². The molecule has 0 unspecified atom stereocenters. The molecule has 0 saturated carbocycles. The number of nitrogens with zero attached hydrogens (tertiary/aromatic N) is 1. The van der Waals surface area contributed by atoms with Crippen molar-refractivity contribution in [2.45, 2.75) is 13.8 Å². The minimum Gasteiger partial charge on any atom is -0.462 e. The summed E-state index contributed by atoms with van der Waals surface area (Å²) in [6, 6.07) is 13.4. The summed E-state index contributed by atoms with van der Waals surface area (Å²) in [5.74, 6) is -1.77. The third kappa shape index (κ3) is 3.57. The van der Waals surface area contributed by atoms with E-state index in [-0.39, 0.29) is 28.6 Å². The monoisotopic (exact) mass is 384 g/mol. The molecule has 0 radical (unpaired) electrons. The Morgan fingerprint density at radius 3 is 2.56 bits per heavy atom. The van der Waals surface area contributed by atoms with Crippen LogP contribution in [0.5, 0.6) is 0 Å². The van der Waals surface area contributed by atoms with Gasteiger partial charge >= 0.3 is 5.97 Å². The molecule has 27 heavy (non-hydrogen) atoms. The van der Waals surface area contributed by atoms with Crippen molar-refractivity contribution in [3.05, 3.63) is 70.4 Å². The fourth-order valence-electron chi connectivity index (χ4n) is 2.68. The highest BCUT2D eigenvalue weighted by atomic mass is 35.5. The van der Waals surface area contributed by atoms with E-state index in [1.165, 1.54) is 6.07 Å². The number of ether oxygens (including phenoxy) is 1. The zero-order valence-corrected chi connectivity index (χ0v) is 15.5. The van der Waals surface area contributed by atoms with Crippen LogP contribution in [-0.4, -0.2) is 24.4 Å². The van der Waals surface area contributed by atoms with Crippen molar-refractivity contribution < 1.29 is 19.1 Å². The molecule has 1 aliphatic rings. The molecule has 2 aromatic rings. The second-order valence-corrected chi connectivity index (χ2v) is 6.22. The number of hydrogen-bond donors (Lipinski definition) is 1. The maximum atomic E-state index is 12.8. The highest BCUT2D eigenvalue weighted by molar-refractivity contribution is 6.53. The predicted octanol–water partition coefficient (Wildman–Crippen LogP) is 3.61. The number of halogens is 1. The minimum absolute atomic E-state index is 0.00231. The van der Waals surface area contributed by atoms with E-state index in [1.807, 2.05) is 25.1 Å². The lowest BCUT2D eigenvalue weighted by atomic mass is 10.2. The first-order valence-electron chi connectivity index (χ1n) is 8.32. The molecule has 7 heteroatoms. The van der Waals surface area contributed by atoms with E-state index in [0.29, 0.717) is 5.69 Å². The van der Waals surface area contributed by atoms with Crippen molar-refractivity contribution in [2.24, 2.45) is 0 Å². The van der Waals surface area contributed by atoms with Crippen LogP contribution in [0.1, 0.15) is 22.8 Å². The number of aryl methyl sites for hydroxylation is 1. The Bertz CT molecular complexity index is 968. The van der Waals surface area contributed by atoms with Crippen molar-refractivity contribution in [3.8, 4) is 0 Å². The van der Waals surface area contributed by atoms with Crippen LogP contribution in [0.2, 0.25) is 0 Å². The number of imide groups is 1. The Hall–Kier alpha value is -3.12. The lowest BCUT2D eigenvalue weighted by Crippen LogP contribution is -2.32. The van der Waals surface area contributed by atoms with Gasteiger partial charge < -0.3 is 10.1 Å². The molecular formula is C20H17ClN2O4. The minimum atomic E-state index is -0.654. The molecule has 138 valence electrons. The number of benzene rings is 2. The summed E-state index contributed by atoms with van der Waals surface area (Å²) in [4.78, 5) is 38.3. The first-order valence-corrected chi connectivity index (χ1v) is 8.70. The molecule has 0 atom stereocenters. The Balaban J connectivity index is 1.91. The number of esters is 1. The Labute approximate surface area is 161 Å². The van der Waals surface area contributed by atoms with Crippen LogP contribution in [0.15, 0.2) is 59.3 Å². The highest BCUT2D eigenvalue weighted by Gasteiger charge is 2.39. The van der Waals surface area contributed by atoms with Gasteiger partial charge in [-0.3, -0.25) is 9.59 Å². The van der Waals surface area contributed by atoms with Gasteiger partial charge in [0.25, 0.3) is 11.8 Å². The molecule has 1 N–H and O–H groups in total. The van der Waals surface area contributed by atoms with Crippen molar-refractivity contribution in [2.75, 3.05) is 16.8 Å². The second kappa shape index (κ2) is 7.63. The number of para-hydroxylation sites is 1. The number of nitrogens with one attached hydrogen (secondary N) is 1. The molecule has 0 spiro atoms. The van der Waals surface area contributed by atoms with Gasteiger partial charge in [-0.25, -0.2) is 9.69 Å². The Morgan fingerprint density at radius 1 is 1.11 bits per heavy atom. The van der Waals surface area contributed by atoms with Crippen molar-refractivity contribution in [1.29, 1.82) is 0 Å². The molecule has 1 heterocycles. The van der Waals surface area contributed by atoms with Crippen molar-refractivity contribution in [3.63, 3.8) is 0 Å². The van der Waals surface area contributed by atoms with Crippen LogP contribution in [0, 0.1) is 6.92 Å². The van der Waals surface area contributed by atoms with E-state index >= 15 is 0 Å². The summed E-state index contributed by atoms with van der Waals surface area (Å²) >= 11 is 6.14. The molecule has 0 bridgehead atoms. The molecule has 0 fully saturated rings. The number of carbonyl (C=O) groups is 3. The Morgan fingerprint density at radius 2 is 1.85 bits per heavy atom. The quantitative estimate of drug-likeness (QED) is 0.629. The predicted molar refractivity (Wildman–Crippen MR) is 103 cm³/mol. The van der Waals surface area contributed by atoms with E-state index in [9.17, 15) is 14.4 Å². The molecule has 6 nitrogen and oxygen atoms in total. The van der Waals surface area contributed by atoms with Gasteiger partial charge in [-0.2, -0.15) is 0 Å². The maximum Gasteiger partial charge on any atom is 0.338 e. The third-order valence-corrected chi connectivity index (χ3v) is 4.40. The molecule has 3 rings (SSSR count). The third-order valence-electron chi connectivity index (χ3n) is 4.05. The lowest BCUT2D eigenvalue weighted by molar-refractivity contribution is -0.120. The van der Waals surface area contributed by atoms with E-state index < -0.39 is 17.8 Å². The number of anilines is 2. The van der Waals surface area contributed by atoms with Crippen LogP contribution in [0.25, 0.3) is 0 Å². The van der Waals surface area contributed by atoms with Gasteiger partial charge in [0.2, 0.25) is 0 Å². The summed E-state index contributed by atoms with van der Waals surface area (Å²) in [6.07, 6.45) is 0. The van der Waals surface area contributed by atoms with Gasteiger partial charge in [-0.1, -0.05) is 35.9 Å². The first kappa shape index (κ1) is 18.7. The zero-order chi connectivity index (χ0) is 19.6. The van der Waals surface area contributed by atoms with Gasteiger partial charge in [0.1, 0.15) is 10.7 Å². The summed E-state index contributed by atoms with van der Waals surface area (Å²) in [5, 5.41) is 2.74. The standard InChI is InChI=1S/C20H17ClN2O4/c1-3-27-20(26)13-8-6-9-14(11-13)23-18(24)16(21)17(19(23)25)22-15-10-5-4-7-12(15)2/h4-11,22H,3H2,1-2H3. The van der Waals surface area contributed by atoms with Gasteiger partial charge in [0.15, 0.2) is 0 Å². The van der Waals surface area contributed by atoms with Gasteiger partial charge in [-0.15, -0.1) is 0 Å². The average Bonchev–Trinajstić information content (AvgIpc) is 2.87. The average molecular weight is 385 g/mol. The van der Waals surface area contributed by atoms with Crippen molar-refractivity contribution in [1.82, 2.24) is 0 Å². The number of amides is 2. The fourth-order valence-corrected chi connectivity index (χ4v) is 2.89. The van der Waals surface area contributed by atoms with Crippen LogP contribution < -0.4 is 10.2 Å². The second-order valence-electron chi connectivity index (χ2n) is 5.85. The molecular weight excluding hydrogens is 368 g/mol. The largest absolute Gasteiger partial charge is 0.462 e. The smallest absolute Gasteiger partial charge is 0.338 e. The molecule has 1 aliphatic heterocycles. The topological polar surface area (TPSA) is 75.7 Å². The van der Waals surface area contributed by atoms with E-state index in [2.05, 4.69) is 5.32 Å². The van der Waals surface area contributed by atoms with Gasteiger partial charge in [0, 0.05) is 5.69 Å². The van der Waals surface area contributed by atoms with Crippen LogP contribution in [-0.2, 0) is 14.3 Å². The maximum absolute atomic E-state index is 12.8. The zero-order valence-electron chi connectivity index (χ0n) is 14.8. The SMILES string of the molecule is CCOC(=O)c1cccc(N2C(=O)C(Cl)=C(Nc3ccccc3C)C2=O)c1.